The average molecular weight is 200 g/mol. The second kappa shape index (κ2) is 3.46. The predicted octanol–water partition coefficient (Wildman–Crippen LogP) is 1.99. The first kappa shape index (κ1) is 8.59. The molecular formula is C11H12N4. The van der Waals surface area contributed by atoms with Crippen LogP contribution >= 0.6 is 0 Å². The molecule has 15 heavy (non-hydrogen) atoms. The number of hydrogen-bond acceptors (Lipinski definition) is 4. The number of nitrogens with one attached hydrogen (secondary N) is 1. The van der Waals surface area contributed by atoms with Crippen molar-refractivity contribution in [1.82, 2.24) is 15.2 Å². The molecule has 2 aromatic rings. The van der Waals surface area contributed by atoms with E-state index in [-0.39, 0.29) is 0 Å². The maximum atomic E-state index is 4.41. The zero-order chi connectivity index (χ0) is 10.1. The molecule has 4 nitrogen and oxygen atoms in total. The molecule has 0 radical (unpaired) electrons. The number of fused-ring (bicyclic) bond motifs is 1. The number of aromatic nitrogens is 3. The summed E-state index contributed by atoms with van der Waals surface area (Å²) in [6, 6.07) is 8.33. The summed E-state index contributed by atoms with van der Waals surface area (Å²) in [4.78, 5) is 4.41. The van der Waals surface area contributed by atoms with Crippen molar-refractivity contribution in [1.29, 1.82) is 0 Å². The molecule has 1 fully saturated rings. The van der Waals surface area contributed by atoms with E-state index < -0.39 is 0 Å². The van der Waals surface area contributed by atoms with Gasteiger partial charge in [0.2, 0.25) is 5.95 Å². The minimum Gasteiger partial charge on any atom is -0.350 e. The van der Waals surface area contributed by atoms with Crippen LogP contribution in [0.2, 0.25) is 0 Å². The van der Waals surface area contributed by atoms with Crippen LogP contribution < -0.4 is 5.32 Å². The molecule has 0 saturated heterocycles. The summed E-state index contributed by atoms with van der Waals surface area (Å²) in [5, 5.41) is 11.5. The van der Waals surface area contributed by atoms with Crippen LogP contribution in [-0.2, 0) is 0 Å². The molecule has 3 rings (SSSR count). The van der Waals surface area contributed by atoms with Crippen LogP contribution in [0.3, 0.4) is 0 Å². The molecule has 76 valence electrons. The third kappa shape index (κ3) is 1.63. The first-order chi connectivity index (χ1) is 7.42. The molecule has 0 spiro atoms. The largest absolute Gasteiger partial charge is 0.350 e. The highest BCUT2D eigenvalue weighted by Crippen LogP contribution is 2.21. The van der Waals surface area contributed by atoms with E-state index in [1.807, 2.05) is 24.3 Å². The van der Waals surface area contributed by atoms with E-state index in [4.69, 9.17) is 0 Å². The highest BCUT2D eigenvalue weighted by Gasteiger charge is 2.18. The topological polar surface area (TPSA) is 50.7 Å². The van der Waals surface area contributed by atoms with E-state index >= 15 is 0 Å². The lowest BCUT2D eigenvalue weighted by Crippen LogP contribution is -2.28. The van der Waals surface area contributed by atoms with Crippen molar-refractivity contribution in [3.8, 4) is 0 Å². The van der Waals surface area contributed by atoms with Crippen LogP contribution in [-0.4, -0.2) is 21.2 Å². The normalized spacial score (nSPS) is 16.3. The van der Waals surface area contributed by atoms with Crippen molar-refractivity contribution in [2.24, 2.45) is 0 Å². The van der Waals surface area contributed by atoms with Crippen molar-refractivity contribution in [3.63, 3.8) is 0 Å². The van der Waals surface area contributed by atoms with Crippen LogP contribution in [0.4, 0.5) is 5.95 Å². The molecule has 0 amide bonds. The second-order valence-corrected chi connectivity index (χ2v) is 3.90. The molecule has 1 aromatic heterocycles. The fraction of sp³-hybridized carbons (Fsp3) is 0.364. The lowest BCUT2D eigenvalue weighted by Gasteiger charge is -2.25. The number of nitrogens with zero attached hydrogens (tertiary/aromatic N) is 3. The van der Waals surface area contributed by atoms with Gasteiger partial charge in [-0.3, -0.25) is 0 Å². The predicted molar refractivity (Wildman–Crippen MR) is 58.6 cm³/mol. The number of hydrogen-bond donors (Lipinski definition) is 1. The molecule has 0 unspecified atom stereocenters. The Kier molecular flexibility index (Phi) is 1.98. The summed E-state index contributed by atoms with van der Waals surface area (Å²) in [5.74, 6) is 0.651. The molecule has 1 aliphatic carbocycles. The summed E-state index contributed by atoms with van der Waals surface area (Å²) >= 11 is 0. The van der Waals surface area contributed by atoms with Gasteiger partial charge in [-0.15, -0.1) is 10.2 Å². The minimum absolute atomic E-state index is 0.549. The first-order valence-electron chi connectivity index (χ1n) is 5.28. The van der Waals surface area contributed by atoms with Gasteiger partial charge in [-0.2, -0.15) is 0 Å². The molecule has 0 aliphatic heterocycles. The Bertz CT molecular complexity index is 479. The van der Waals surface area contributed by atoms with Gasteiger partial charge in [-0.25, -0.2) is 4.98 Å². The fourth-order valence-corrected chi connectivity index (χ4v) is 1.68. The van der Waals surface area contributed by atoms with Crippen molar-refractivity contribution < 1.29 is 0 Å². The number of rotatable bonds is 2. The van der Waals surface area contributed by atoms with E-state index in [1.54, 1.807) is 0 Å². The van der Waals surface area contributed by atoms with Gasteiger partial charge in [0.05, 0.1) is 5.52 Å². The zero-order valence-electron chi connectivity index (χ0n) is 8.35. The molecule has 1 aromatic carbocycles. The highest BCUT2D eigenvalue weighted by atomic mass is 15.2. The van der Waals surface area contributed by atoms with Crippen molar-refractivity contribution in [3.05, 3.63) is 24.3 Å². The zero-order valence-corrected chi connectivity index (χ0v) is 8.35. The third-order valence-corrected chi connectivity index (χ3v) is 2.80. The summed E-state index contributed by atoms with van der Waals surface area (Å²) in [7, 11) is 0. The Hall–Kier alpha value is -1.71. The van der Waals surface area contributed by atoms with Crippen LogP contribution in [0, 0.1) is 0 Å². The molecule has 1 heterocycles. The average Bonchev–Trinajstić information content (AvgIpc) is 2.23. The maximum absolute atomic E-state index is 4.41. The Morgan fingerprint density at radius 2 is 1.87 bits per heavy atom. The molecular weight excluding hydrogens is 188 g/mol. The van der Waals surface area contributed by atoms with E-state index in [0.29, 0.717) is 12.0 Å². The number of para-hydroxylation sites is 1. The molecule has 0 bridgehead atoms. The summed E-state index contributed by atoms with van der Waals surface area (Å²) in [5.41, 5.74) is 1.74. The standard InChI is InChI=1S/C11H12N4/c1-2-7-10-9(6-1)13-11(15-14-10)12-8-4-3-5-8/h1-2,6-8H,3-5H2,(H,12,13,15). The minimum atomic E-state index is 0.549. The Labute approximate surface area is 87.7 Å². The smallest absolute Gasteiger partial charge is 0.243 e. The number of benzene rings is 1. The maximum Gasteiger partial charge on any atom is 0.243 e. The van der Waals surface area contributed by atoms with Gasteiger partial charge in [0.1, 0.15) is 5.52 Å². The van der Waals surface area contributed by atoms with E-state index in [9.17, 15) is 0 Å². The highest BCUT2D eigenvalue weighted by molar-refractivity contribution is 5.74. The van der Waals surface area contributed by atoms with Gasteiger partial charge in [-0.05, 0) is 31.4 Å². The Balaban J connectivity index is 1.91. The Morgan fingerprint density at radius 1 is 1.07 bits per heavy atom. The SMILES string of the molecule is c1ccc2nc(NC3CCC3)nnc2c1. The lowest BCUT2D eigenvalue weighted by molar-refractivity contribution is 0.443. The van der Waals surface area contributed by atoms with Crippen LogP contribution in [0.5, 0.6) is 0 Å². The lowest BCUT2D eigenvalue weighted by atomic mass is 9.93. The molecule has 4 heteroatoms. The van der Waals surface area contributed by atoms with E-state index in [0.717, 1.165) is 11.0 Å². The number of anilines is 1. The van der Waals surface area contributed by atoms with Gasteiger partial charge < -0.3 is 5.32 Å². The van der Waals surface area contributed by atoms with Crippen molar-refractivity contribution in [2.45, 2.75) is 25.3 Å². The quantitative estimate of drug-likeness (QED) is 0.805. The summed E-state index contributed by atoms with van der Waals surface area (Å²) in [6.07, 6.45) is 3.74. The van der Waals surface area contributed by atoms with Gasteiger partial charge in [-0.1, -0.05) is 12.1 Å². The third-order valence-electron chi connectivity index (χ3n) is 2.80. The first-order valence-corrected chi connectivity index (χ1v) is 5.28. The molecule has 1 saturated carbocycles. The van der Waals surface area contributed by atoms with Gasteiger partial charge in [0.15, 0.2) is 0 Å². The van der Waals surface area contributed by atoms with Crippen LogP contribution in [0.25, 0.3) is 11.0 Å². The fourth-order valence-electron chi connectivity index (χ4n) is 1.68. The van der Waals surface area contributed by atoms with Crippen LogP contribution in [0.15, 0.2) is 24.3 Å². The second-order valence-electron chi connectivity index (χ2n) is 3.90. The van der Waals surface area contributed by atoms with Gasteiger partial charge in [0.25, 0.3) is 0 Å². The summed E-state index contributed by atoms with van der Waals surface area (Å²) in [6.45, 7) is 0. The van der Waals surface area contributed by atoms with Gasteiger partial charge in [0, 0.05) is 6.04 Å². The van der Waals surface area contributed by atoms with Crippen molar-refractivity contribution in [2.75, 3.05) is 5.32 Å². The van der Waals surface area contributed by atoms with Gasteiger partial charge >= 0.3 is 0 Å². The molecule has 1 N–H and O–H groups in total. The van der Waals surface area contributed by atoms with Crippen LogP contribution in [0.1, 0.15) is 19.3 Å². The summed E-state index contributed by atoms with van der Waals surface area (Å²) < 4.78 is 0. The monoisotopic (exact) mass is 200 g/mol. The molecule has 1 aliphatic rings. The van der Waals surface area contributed by atoms with E-state index in [1.165, 1.54) is 19.3 Å². The van der Waals surface area contributed by atoms with Crippen molar-refractivity contribution >= 4 is 17.0 Å². The van der Waals surface area contributed by atoms with E-state index in [2.05, 4.69) is 20.5 Å². The Morgan fingerprint density at radius 3 is 2.60 bits per heavy atom. The molecule has 0 atom stereocenters.